The van der Waals surface area contributed by atoms with Crippen LogP contribution >= 0.6 is 0 Å². The van der Waals surface area contributed by atoms with Crippen LogP contribution in [0.4, 0.5) is 0 Å². The van der Waals surface area contributed by atoms with Crippen LogP contribution in [0.2, 0.25) is 0 Å². The Morgan fingerprint density at radius 2 is 1.91 bits per heavy atom. The maximum atomic E-state index is 12.8. The van der Waals surface area contributed by atoms with E-state index in [4.69, 9.17) is 0 Å². The zero-order valence-electron chi connectivity index (χ0n) is 14.6. The number of allylic oxidation sites excluding steroid dienone is 2. The molecule has 2 nitrogen and oxygen atoms in total. The fraction of sp³-hybridized carbons (Fsp3) is 0.850. The molecule has 0 bridgehead atoms. The summed E-state index contributed by atoms with van der Waals surface area (Å²) >= 11 is 0. The molecule has 0 aromatic carbocycles. The monoisotopic (exact) mass is 302 g/mol. The van der Waals surface area contributed by atoms with Gasteiger partial charge in [0, 0.05) is 5.41 Å². The Balaban J connectivity index is 1.90. The second kappa shape index (κ2) is 3.88. The normalized spacial score (nSPS) is 58.5. The first kappa shape index (κ1) is 14.9. The van der Waals surface area contributed by atoms with E-state index in [1.165, 1.54) is 0 Å². The van der Waals surface area contributed by atoms with Gasteiger partial charge in [0.25, 0.3) is 0 Å². The number of ketones is 1. The molecule has 22 heavy (non-hydrogen) atoms. The Hall–Kier alpha value is -0.630. The highest BCUT2D eigenvalue weighted by Gasteiger charge is 2.76. The highest BCUT2D eigenvalue weighted by molar-refractivity contribution is 5.96. The summed E-state index contributed by atoms with van der Waals surface area (Å²) in [5.74, 6) is 1.95. The van der Waals surface area contributed by atoms with Crippen molar-refractivity contribution in [2.75, 3.05) is 0 Å². The highest BCUT2D eigenvalue weighted by Crippen LogP contribution is 2.79. The lowest BCUT2D eigenvalue weighted by molar-refractivity contribution is -0.134. The van der Waals surface area contributed by atoms with Gasteiger partial charge >= 0.3 is 0 Å². The molecule has 122 valence electrons. The molecule has 0 amide bonds. The summed E-state index contributed by atoms with van der Waals surface area (Å²) < 4.78 is 0. The van der Waals surface area contributed by atoms with Crippen LogP contribution in [-0.4, -0.2) is 17.0 Å². The van der Waals surface area contributed by atoms with Gasteiger partial charge in [-0.15, -0.1) is 0 Å². The van der Waals surface area contributed by atoms with Crippen LogP contribution in [0, 0.1) is 39.4 Å². The van der Waals surface area contributed by atoms with Gasteiger partial charge in [0.05, 0.1) is 6.10 Å². The van der Waals surface area contributed by atoms with Crippen LogP contribution in [0.5, 0.6) is 0 Å². The smallest absolute Gasteiger partial charge is 0.161 e. The molecule has 1 N–H and O–H groups in total. The summed E-state index contributed by atoms with van der Waals surface area (Å²) in [5.41, 5.74) is 0.100. The standard InChI is InChI=1S/C20H30O2/c1-12-6-7-14(21)19(5)9-8-13-16-17(2,3)15(22)10-18(16,4)11-20(12,13)19/h6-7,12-13,15-16,22H,8-11H2,1-5H3/t12-,13-,15-,16+,18+,19-,20-/m1/s1. The fourth-order valence-corrected chi connectivity index (χ4v) is 7.87. The molecule has 7 atom stereocenters. The summed E-state index contributed by atoms with van der Waals surface area (Å²) in [6.45, 7) is 11.5. The van der Waals surface area contributed by atoms with E-state index in [9.17, 15) is 9.90 Å². The number of hydrogen-bond acceptors (Lipinski definition) is 2. The van der Waals surface area contributed by atoms with Crippen LogP contribution in [0.25, 0.3) is 0 Å². The van der Waals surface area contributed by atoms with Crippen molar-refractivity contribution in [3.63, 3.8) is 0 Å². The number of aliphatic hydroxyl groups is 1. The third-order valence-corrected chi connectivity index (χ3v) is 8.71. The van der Waals surface area contributed by atoms with E-state index >= 15 is 0 Å². The molecular formula is C20H30O2. The Morgan fingerprint density at radius 1 is 1.23 bits per heavy atom. The van der Waals surface area contributed by atoms with E-state index in [1.807, 2.05) is 6.08 Å². The first-order valence-corrected chi connectivity index (χ1v) is 9.00. The highest BCUT2D eigenvalue weighted by atomic mass is 16.3. The van der Waals surface area contributed by atoms with Crippen LogP contribution in [-0.2, 0) is 4.79 Å². The lowest BCUT2D eigenvalue weighted by Gasteiger charge is -2.50. The van der Waals surface area contributed by atoms with Gasteiger partial charge in [0.1, 0.15) is 0 Å². The van der Waals surface area contributed by atoms with Crippen LogP contribution < -0.4 is 0 Å². The molecule has 3 saturated carbocycles. The molecule has 0 saturated heterocycles. The van der Waals surface area contributed by atoms with Crippen LogP contribution in [0.3, 0.4) is 0 Å². The Bertz CT molecular complexity index is 576. The van der Waals surface area contributed by atoms with Crippen LogP contribution in [0.1, 0.15) is 60.3 Å². The number of carbonyl (C=O) groups excluding carboxylic acids is 1. The summed E-state index contributed by atoms with van der Waals surface area (Å²) in [5, 5.41) is 10.6. The number of hydrogen-bond donors (Lipinski definition) is 1. The molecule has 0 aromatic rings. The lowest BCUT2D eigenvalue weighted by atomic mass is 9.52. The van der Waals surface area contributed by atoms with Crippen molar-refractivity contribution in [1.82, 2.24) is 0 Å². The summed E-state index contributed by atoms with van der Waals surface area (Å²) in [6.07, 6.45) is 8.05. The van der Waals surface area contributed by atoms with Gasteiger partial charge in [-0.25, -0.2) is 0 Å². The maximum absolute atomic E-state index is 12.8. The average Bonchev–Trinajstić information content (AvgIpc) is 2.91. The van der Waals surface area contributed by atoms with E-state index in [-0.39, 0.29) is 27.8 Å². The second-order valence-corrected chi connectivity index (χ2v) is 9.88. The molecule has 0 aromatic heterocycles. The largest absolute Gasteiger partial charge is 0.393 e. The summed E-state index contributed by atoms with van der Waals surface area (Å²) in [6, 6.07) is 0. The first-order valence-electron chi connectivity index (χ1n) is 9.00. The van der Waals surface area contributed by atoms with Crippen molar-refractivity contribution >= 4 is 5.78 Å². The molecule has 4 aliphatic carbocycles. The van der Waals surface area contributed by atoms with E-state index in [1.54, 1.807) is 0 Å². The Kier molecular flexibility index (Phi) is 2.63. The zero-order chi connectivity index (χ0) is 16.1. The average molecular weight is 302 g/mol. The molecule has 4 aliphatic rings. The molecule has 3 fully saturated rings. The van der Waals surface area contributed by atoms with E-state index in [0.29, 0.717) is 23.5 Å². The van der Waals surface area contributed by atoms with E-state index in [2.05, 4.69) is 40.7 Å². The molecular weight excluding hydrogens is 272 g/mol. The van der Waals surface area contributed by atoms with Crippen molar-refractivity contribution in [2.24, 2.45) is 39.4 Å². The number of rotatable bonds is 0. The van der Waals surface area contributed by atoms with Gasteiger partial charge in [-0.2, -0.15) is 0 Å². The second-order valence-electron chi connectivity index (χ2n) is 9.88. The zero-order valence-corrected chi connectivity index (χ0v) is 14.6. The fourth-order valence-electron chi connectivity index (χ4n) is 7.87. The molecule has 0 radical (unpaired) electrons. The van der Waals surface area contributed by atoms with Gasteiger partial charge in [-0.05, 0) is 65.8 Å². The predicted octanol–water partition coefficient (Wildman–Crippen LogP) is 3.98. The third-order valence-electron chi connectivity index (χ3n) is 8.71. The topological polar surface area (TPSA) is 37.3 Å². The first-order chi connectivity index (χ1) is 10.1. The Morgan fingerprint density at radius 3 is 2.59 bits per heavy atom. The summed E-state index contributed by atoms with van der Waals surface area (Å²) in [4.78, 5) is 12.8. The van der Waals surface area contributed by atoms with Gasteiger partial charge < -0.3 is 5.11 Å². The van der Waals surface area contributed by atoms with Crippen molar-refractivity contribution in [3.05, 3.63) is 12.2 Å². The van der Waals surface area contributed by atoms with E-state index < -0.39 is 0 Å². The van der Waals surface area contributed by atoms with Gasteiger partial charge in [0.15, 0.2) is 5.78 Å². The number of aliphatic hydroxyl groups excluding tert-OH is 1. The Labute approximate surface area is 134 Å². The van der Waals surface area contributed by atoms with Crippen molar-refractivity contribution in [3.8, 4) is 0 Å². The van der Waals surface area contributed by atoms with Gasteiger partial charge in [0.2, 0.25) is 0 Å². The molecule has 0 heterocycles. The molecule has 0 unspecified atom stereocenters. The van der Waals surface area contributed by atoms with Crippen molar-refractivity contribution in [2.45, 2.75) is 66.4 Å². The van der Waals surface area contributed by atoms with Gasteiger partial charge in [-0.3, -0.25) is 4.79 Å². The molecule has 0 aliphatic heterocycles. The third kappa shape index (κ3) is 1.32. The lowest BCUT2D eigenvalue weighted by Crippen LogP contribution is -2.50. The van der Waals surface area contributed by atoms with Crippen molar-refractivity contribution < 1.29 is 9.90 Å². The van der Waals surface area contributed by atoms with E-state index in [0.717, 1.165) is 25.7 Å². The minimum Gasteiger partial charge on any atom is -0.393 e. The minimum atomic E-state index is -0.197. The molecule has 4 rings (SSSR count). The van der Waals surface area contributed by atoms with Gasteiger partial charge in [-0.1, -0.05) is 40.7 Å². The van der Waals surface area contributed by atoms with Crippen LogP contribution in [0.15, 0.2) is 12.2 Å². The predicted molar refractivity (Wildman–Crippen MR) is 87.2 cm³/mol. The summed E-state index contributed by atoms with van der Waals surface area (Å²) in [7, 11) is 0. The number of fused-ring (bicyclic) bond motifs is 2. The SMILES string of the molecule is C[C@@H]1C=CC(=O)[C@@]2(C)CC[C@@H]3[C@H]4C(C)(C)[C@H](O)C[C@@]4(C)C[C@@]132. The molecule has 2 heteroatoms. The van der Waals surface area contributed by atoms with Crippen molar-refractivity contribution in [1.29, 1.82) is 0 Å². The minimum absolute atomic E-state index is 0.0297. The number of carbonyl (C=O) groups is 1. The maximum Gasteiger partial charge on any atom is 0.161 e. The quantitative estimate of drug-likeness (QED) is 0.735. The molecule has 1 spiro atoms.